The molecule has 0 spiro atoms. The molecule has 3 aromatic rings. The van der Waals surface area contributed by atoms with E-state index in [0.29, 0.717) is 0 Å². The summed E-state index contributed by atoms with van der Waals surface area (Å²) < 4.78 is 5.24. The van der Waals surface area contributed by atoms with Gasteiger partial charge < -0.3 is 15.5 Å². The number of aromatic amines is 1. The van der Waals surface area contributed by atoms with Gasteiger partial charge in [0.1, 0.15) is 5.75 Å². The number of rotatable bonds is 2. The summed E-state index contributed by atoms with van der Waals surface area (Å²) in [4.78, 5) is 3.40. The summed E-state index contributed by atoms with van der Waals surface area (Å²) in [5, 5.41) is 1.13. The van der Waals surface area contributed by atoms with Crippen LogP contribution in [-0.4, -0.2) is 12.1 Å². The Hall–Kier alpha value is -2.42. The summed E-state index contributed by atoms with van der Waals surface area (Å²) >= 11 is 0. The Morgan fingerprint density at radius 2 is 1.89 bits per heavy atom. The van der Waals surface area contributed by atoms with E-state index in [4.69, 9.17) is 10.5 Å². The predicted octanol–water partition coefficient (Wildman–Crippen LogP) is 3.73. The summed E-state index contributed by atoms with van der Waals surface area (Å²) in [6.07, 6.45) is 0. The lowest BCUT2D eigenvalue weighted by atomic mass is 10.1. The molecule has 96 valence electrons. The second-order valence-electron chi connectivity index (χ2n) is 4.71. The first kappa shape index (κ1) is 11.7. The highest BCUT2D eigenvalue weighted by Crippen LogP contribution is 2.28. The van der Waals surface area contributed by atoms with Gasteiger partial charge in [-0.2, -0.15) is 0 Å². The van der Waals surface area contributed by atoms with Gasteiger partial charge in [-0.25, -0.2) is 0 Å². The van der Waals surface area contributed by atoms with Crippen LogP contribution in [0.15, 0.2) is 42.5 Å². The van der Waals surface area contributed by atoms with E-state index in [-0.39, 0.29) is 0 Å². The van der Waals surface area contributed by atoms with Gasteiger partial charge in [0.25, 0.3) is 0 Å². The van der Waals surface area contributed by atoms with Gasteiger partial charge in [0.15, 0.2) is 0 Å². The summed E-state index contributed by atoms with van der Waals surface area (Å²) in [6, 6.07) is 14.2. The van der Waals surface area contributed by atoms with Gasteiger partial charge in [-0.05, 0) is 42.8 Å². The molecule has 2 aromatic carbocycles. The molecule has 0 saturated carbocycles. The molecule has 0 saturated heterocycles. The Morgan fingerprint density at radius 1 is 1.05 bits per heavy atom. The molecule has 0 aliphatic carbocycles. The quantitative estimate of drug-likeness (QED) is 0.683. The third-order valence-corrected chi connectivity index (χ3v) is 3.42. The van der Waals surface area contributed by atoms with Crippen molar-refractivity contribution in [1.82, 2.24) is 4.98 Å². The van der Waals surface area contributed by atoms with Gasteiger partial charge in [-0.3, -0.25) is 0 Å². The molecule has 0 radical (unpaired) electrons. The van der Waals surface area contributed by atoms with E-state index in [9.17, 15) is 0 Å². The molecular formula is C16H16N2O. The van der Waals surface area contributed by atoms with Crippen LogP contribution in [0.2, 0.25) is 0 Å². The zero-order valence-corrected chi connectivity index (χ0v) is 11.0. The first-order valence-corrected chi connectivity index (χ1v) is 6.20. The minimum Gasteiger partial charge on any atom is -0.497 e. The van der Waals surface area contributed by atoms with Crippen molar-refractivity contribution >= 4 is 16.6 Å². The van der Waals surface area contributed by atoms with E-state index in [1.165, 1.54) is 0 Å². The average Bonchev–Trinajstić information content (AvgIpc) is 2.84. The SMILES string of the molecule is COc1ccc2[nH]c(-c3ccc(C)c(N)c3)cc2c1. The summed E-state index contributed by atoms with van der Waals surface area (Å²) in [7, 11) is 1.68. The highest BCUT2D eigenvalue weighted by atomic mass is 16.5. The number of fused-ring (bicyclic) bond motifs is 1. The van der Waals surface area contributed by atoms with Crippen molar-refractivity contribution in [2.24, 2.45) is 0 Å². The Labute approximate surface area is 112 Å². The number of anilines is 1. The second kappa shape index (κ2) is 4.35. The summed E-state index contributed by atoms with van der Waals surface area (Å²) in [5.74, 6) is 0.862. The van der Waals surface area contributed by atoms with Gasteiger partial charge in [0.2, 0.25) is 0 Å². The fourth-order valence-electron chi connectivity index (χ4n) is 2.20. The number of hydrogen-bond donors (Lipinski definition) is 2. The van der Waals surface area contributed by atoms with Crippen LogP contribution in [0.4, 0.5) is 5.69 Å². The average molecular weight is 252 g/mol. The van der Waals surface area contributed by atoms with Crippen LogP contribution < -0.4 is 10.5 Å². The molecule has 19 heavy (non-hydrogen) atoms. The van der Waals surface area contributed by atoms with Crippen molar-refractivity contribution in [3.05, 3.63) is 48.0 Å². The van der Waals surface area contributed by atoms with Crippen LogP contribution in [0, 0.1) is 6.92 Å². The van der Waals surface area contributed by atoms with E-state index >= 15 is 0 Å². The maximum atomic E-state index is 5.96. The van der Waals surface area contributed by atoms with E-state index in [0.717, 1.165) is 39.2 Å². The number of nitrogens with two attached hydrogens (primary N) is 1. The largest absolute Gasteiger partial charge is 0.497 e. The fourth-order valence-corrected chi connectivity index (χ4v) is 2.20. The smallest absolute Gasteiger partial charge is 0.119 e. The monoisotopic (exact) mass is 252 g/mol. The number of benzene rings is 2. The van der Waals surface area contributed by atoms with Gasteiger partial charge in [-0.1, -0.05) is 12.1 Å². The van der Waals surface area contributed by atoms with E-state index in [2.05, 4.69) is 17.1 Å². The molecule has 0 aliphatic rings. The minimum atomic E-state index is 0.814. The molecule has 3 N–H and O–H groups in total. The minimum absolute atomic E-state index is 0.814. The van der Waals surface area contributed by atoms with Crippen LogP contribution in [0.25, 0.3) is 22.2 Å². The molecule has 0 amide bonds. The number of hydrogen-bond acceptors (Lipinski definition) is 2. The number of aromatic nitrogens is 1. The maximum Gasteiger partial charge on any atom is 0.119 e. The Bertz CT molecular complexity index is 744. The molecule has 0 unspecified atom stereocenters. The van der Waals surface area contributed by atoms with Crippen molar-refractivity contribution in [2.45, 2.75) is 6.92 Å². The lowest BCUT2D eigenvalue weighted by molar-refractivity contribution is 0.415. The number of nitrogens with one attached hydrogen (secondary N) is 1. The predicted molar refractivity (Wildman–Crippen MR) is 79.4 cm³/mol. The van der Waals surface area contributed by atoms with Gasteiger partial charge >= 0.3 is 0 Å². The molecule has 1 heterocycles. The third kappa shape index (κ3) is 2.03. The fraction of sp³-hybridized carbons (Fsp3) is 0.125. The molecule has 3 heteroatoms. The van der Waals surface area contributed by atoms with Crippen molar-refractivity contribution in [3.63, 3.8) is 0 Å². The number of H-pyrrole nitrogens is 1. The lowest BCUT2D eigenvalue weighted by Crippen LogP contribution is -1.89. The third-order valence-electron chi connectivity index (χ3n) is 3.42. The molecule has 0 fully saturated rings. The first-order chi connectivity index (χ1) is 9.17. The Morgan fingerprint density at radius 3 is 2.63 bits per heavy atom. The number of ether oxygens (including phenoxy) is 1. The zero-order chi connectivity index (χ0) is 13.4. The molecule has 0 aliphatic heterocycles. The number of aryl methyl sites for hydroxylation is 1. The maximum absolute atomic E-state index is 5.96. The number of nitrogen functional groups attached to an aromatic ring is 1. The molecule has 3 rings (SSSR count). The standard InChI is InChI=1S/C16H16N2O/c1-10-3-4-11(8-14(10)17)16-9-12-7-13(19-2)5-6-15(12)18-16/h3-9,18H,17H2,1-2H3. The highest BCUT2D eigenvalue weighted by molar-refractivity contribution is 5.87. The van der Waals surface area contributed by atoms with E-state index in [1.807, 2.05) is 37.3 Å². The van der Waals surface area contributed by atoms with Crippen LogP contribution in [0.1, 0.15) is 5.56 Å². The molecule has 1 aromatic heterocycles. The second-order valence-corrected chi connectivity index (χ2v) is 4.71. The zero-order valence-electron chi connectivity index (χ0n) is 11.0. The van der Waals surface area contributed by atoms with Crippen LogP contribution >= 0.6 is 0 Å². The van der Waals surface area contributed by atoms with Gasteiger partial charge in [0, 0.05) is 27.8 Å². The summed E-state index contributed by atoms with van der Waals surface area (Å²) in [5.41, 5.74) is 11.1. The highest BCUT2D eigenvalue weighted by Gasteiger charge is 2.05. The topological polar surface area (TPSA) is 51.0 Å². The molecule has 0 bridgehead atoms. The number of methoxy groups -OCH3 is 1. The Kier molecular flexibility index (Phi) is 2.67. The molecule has 3 nitrogen and oxygen atoms in total. The van der Waals surface area contributed by atoms with Crippen molar-refractivity contribution in [2.75, 3.05) is 12.8 Å². The lowest BCUT2D eigenvalue weighted by Gasteiger charge is -2.02. The van der Waals surface area contributed by atoms with E-state index in [1.54, 1.807) is 7.11 Å². The molecular weight excluding hydrogens is 236 g/mol. The van der Waals surface area contributed by atoms with Crippen molar-refractivity contribution in [3.8, 4) is 17.0 Å². The summed E-state index contributed by atoms with van der Waals surface area (Å²) in [6.45, 7) is 2.01. The van der Waals surface area contributed by atoms with Crippen molar-refractivity contribution in [1.29, 1.82) is 0 Å². The van der Waals surface area contributed by atoms with Crippen LogP contribution in [0.5, 0.6) is 5.75 Å². The van der Waals surface area contributed by atoms with Crippen molar-refractivity contribution < 1.29 is 4.74 Å². The van der Waals surface area contributed by atoms with Crippen LogP contribution in [-0.2, 0) is 0 Å². The van der Waals surface area contributed by atoms with Crippen LogP contribution in [0.3, 0.4) is 0 Å². The first-order valence-electron chi connectivity index (χ1n) is 6.20. The molecule has 0 atom stereocenters. The van der Waals surface area contributed by atoms with Gasteiger partial charge in [0.05, 0.1) is 7.11 Å². The van der Waals surface area contributed by atoms with E-state index < -0.39 is 0 Å². The Balaban J connectivity index is 2.11. The normalized spacial score (nSPS) is 10.8. The van der Waals surface area contributed by atoms with Gasteiger partial charge in [-0.15, -0.1) is 0 Å².